The van der Waals surface area contributed by atoms with Crippen LogP contribution in [0, 0.1) is 0 Å². The highest BCUT2D eigenvalue weighted by atomic mass is 35.5. The number of nitrogens with one attached hydrogen (secondary N) is 1. The molecule has 2 aromatic carbocycles. The highest BCUT2D eigenvalue weighted by molar-refractivity contribution is 7.92. The van der Waals surface area contributed by atoms with E-state index in [1.165, 1.54) is 24.1 Å². The van der Waals surface area contributed by atoms with Crippen LogP contribution in [0.3, 0.4) is 0 Å². The molecule has 0 saturated heterocycles. The largest absolute Gasteiger partial charge is 0.357 e. The smallest absolute Gasteiger partial charge is 0.242 e. The van der Waals surface area contributed by atoms with E-state index in [1.54, 1.807) is 31.2 Å². The van der Waals surface area contributed by atoms with Gasteiger partial charge in [0.1, 0.15) is 6.04 Å². The monoisotopic (exact) mass is 533 g/mol. The van der Waals surface area contributed by atoms with Gasteiger partial charge in [-0.2, -0.15) is 0 Å². The number of amides is 2. The zero-order valence-electron chi connectivity index (χ0n) is 18.5. The Balaban J connectivity index is 2.18. The summed E-state index contributed by atoms with van der Waals surface area (Å²) in [6, 6.07) is 10.8. The SMILES string of the molecule is CNC(=O)C(C)N(Cc1cccc(Cl)c1)C(=O)CCCN(c1cc(Cl)ccc1Cl)S(C)(=O)=O. The number of likely N-dealkylation sites (N-methyl/N-ethyl adjacent to an activating group) is 1. The summed E-state index contributed by atoms with van der Waals surface area (Å²) in [5, 5.41) is 3.64. The molecule has 11 heteroatoms. The first-order valence-electron chi connectivity index (χ1n) is 10.1. The molecule has 0 aliphatic heterocycles. The second-order valence-corrected chi connectivity index (χ2v) is 10.7. The van der Waals surface area contributed by atoms with E-state index in [-0.39, 0.29) is 48.5 Å². The lowest BCUT2D eigenvalue weighted by atomic mass is 10.1. The third-order valence-corrected chi connectivity index (χ3v) is 6.95. The number of carbonyl (C=O) groups excluding carboxylic acids is 2. The van der Waals surface area contributed by atoms with Gasteiger partial charge < -0.3 is 10.2 Å². The average molecular weight is 535 g/mol. The summed E-state index contributed by atoms with van der Waals surface area (Å²) in [6.07, 6.45) is 1.29. The number of sulfonamides is 1. The summed E-state index contributed by atoms with van der Waals surface area (Å²) in [7, 11) is -2.18. The van der Waals surface area contributed by atoms with Crippen LogP contribution in [0.1, 0.15) is 25.3 Å². The molecule has 0 radical (unpaired) electrons. The molecular formula is C22H26Cl3N3O4S. The number of carbonyl (C=O) groups is 2. The Labute approximate surface area is 209 Å². The highest BCUT2D eigenvalue weighted by Crippen LogP contribution is 2.31. The van der Waals surface area contributed by atoms with Crippen molar-refractivity contribution in [3.63, 3.8) is 0 Å². The summed E-state index contributed by atoms with van der Waals surface area (Å²) in [5.74, 6) is -0.606. The quantitative estimate of drug-likeness (QED) is 0.491. The van der Waals surface area contributed by atoms with E-state index in [2.05, 4.69) is 5.32 Å². The molecule has 0 bridgehead atoms. The molecule has 2 rings (SSSR count). The van der Waals surface area contributed by atoms with Gasteiger partial charge in [-0.25, -0.2) is 8.42 Å². The zero-order chi connectivity index (χ0) is 24.8. The van der Waals surface area contributed by atoms with E-state index in [1.807, 2.05) is 6.07 Å². The lowest BCUT2D eigenvalue weighted by Crippen LogP contribution is -2.46. The van der Waals surface area contributed by atoms with Crippen LogP contribution in [0.25, 0.3) is 0 Å². The zero-order valence-corrected chi connectivity index (χ0v) is 21.6. The first-order valence-corrected chi connectivity index (χ1v) is 13.1. The molecule has 0 spiro atoms. The minimum Gasteiger partial charge on any atom is -0.357 e. The van der Waals surface area contributed by atoms with Crippen molar-refractivity contribution >= 4 is 62.3 Å². The van der Waals surface area contributed by atoms with Crippen LogP contribution < -0.4 is 9.62 Å². The van der Waals surface area contributed by atoms with E-state index in [9.17, 15) is 18.0 Å². The summed E-state index contributed by atoms with van der Waals surface area (Å²) >= 11 is 18.3. The van der Waals surface area contributed by atoms with Gasteiger partial charge in [-0.3, -0.25) is 13.9 Å². The molecule has 1 unspecified atom stereocenters. The number of halogens is 3. The van der Waals surface area contributed by atoms with Gasteiger partial charge in [0.25, 0.3) is 0 Å². The fraction of sp³-hybridized carbons (Fsp3) is 0.364. The molecule has 2 amide bonds. The van der Waals surface area contributed by atoms with Crippen LogP contribution in [0.5, 0.6) is 0 Å². The fourth-order valence-corrected chi connectivity index (χ4v) is 4.90. The van der Waals surface area contributed by atoms with Crippen LogP contribution in [-0.4, -0.2) is 51.0 Å². The summed E-state index contributed by atoms with van der Waals surface area (Å²) in [4.78, 5) is 26.8. The summed E-state index contributed by atoms with van der Waals surface area (Å²) in [5.41, 5.74) is 1.02. The Morgan fingerprint density at radius 1 is 1.06 bits per heavy atom. The number of hydrogen-bond acceptors (Lipinski definition) is 4. The van der Waals surface area contributed by atoms with Gasteiger partial charge in [0.2, 0.25) is 21.8 Å². The van der Waals surface area contributed by atoms with Gasteiger partial charge >= 0.3 is 0 Å². The van der Waals surface area contributed by atoms with E-state index >= 15 is 0 Å². The van der Waals surface area contributed by atoms with Gasteiger partial charge in [-0.05, 0) is 49.2 Å². The van der Waals surface area contributed by atoms with Crippen molar-refractivity contribution < 1.29 is 18.0 Å². The van der Waals surface area contributed by atoms with Crippen molar-refractivity contribution in [2.24, 2.45) is 0 Å². The standard InChI is InChI=1S/C22H26Cl3N3O4S/c1-15(22(30)26-2)27(14-16-6-4-7-17(23)12-16)21(29)8-5-11-28(33(3,31)32)20-13-18(24)9-10-19(20)25/h4,6-7,9-10,12-13,15H,5,8,11,14H2,1-3H3,(H,26,30). The number of rotatable bonds is 10. The molecule has 0 heterocycles. The third kappa shape index (κ3) is 7.78. The second kappa shape index (κ2) is 11.9. The van der Waals surface area contributed by atoms with Crippen LogP contribution >= 0.6 is 34.8 Å². The van der Waals surface area contributed by atoms with Gasteiger partial charge in [-0.15, -0.1) is 0 Å². The normalized spacial score (nSPS) is 12.2. The Hall–Kier alpha value is -2.00. The minimum absolute atomic E-state index is 0.0179. The second-order valence-electron chi connectivity index (χ2n) is 7.48. The maximum atomic E-state index is 13.1. The van der Waals surface area contributed by atoms with Crippen LogP contribution in [-0.2, 0) is 26.2 Å². The predicted octanol–water partition coefficient (Wildman–Crippen LogP) is 4.36. The van der Waals surface area contributed by atoms with Gasteiger partial charge in [0.15, 0.2) is 0 Å². The first kappa shape index (κ1) is 27.2. The number of hydrogen-bond donors (Lipinski definition) is 1. The van der Waals surface area contributed by atoms with Crippen molar-refractivity contribution in [1.82, 2.24) is 10.2 Å². The molecule has 7 nitrogen and oxygen atoms in total. The van der Waals surface area contributed by atoms with Gasteiger partial charge in [-0.1, -0.05) is 46.9 Å². The average Bonchev–Trinajstić information content (AvgIpc) is 2.75. The molecule has 1 atom stereocenters. The molecule has 0 fully saturated rings. The van der Waals surface area contributed by atoms with E-state index in [0.717, 1.165) is 16.1 Å². The highest BCUT2D eigenvalue weighted by Gasteiger charge is 2.26. The summed E-state index contributed by atoms with van der Waals surface area (Å²) < 4.78 is 25.9. The molecule has 180 valence electrons. The first-order chi connectivity index (χ1) is 15.4. The molecule has 2 aromatic rings. The maximum Gasteiger partial charge on any atom is 0.242 e. The fourth-order valence-electron chi connectivity index (χ4n) is 3.28. The summed E-state index contributed by atoms with van der Waals surface area (Å²) in [6.45, 7) is 1.84. The van der Waals surface area contributed by atoms with E-state index in [4.69, 9.17) is 34.8 Å². The third-order valence-electron chi connectivity index (χ3n) is 4.98. The van der Waals surface area contributed by atoms with Crippen LogP contribution in [0.15, 0.2) is 42.5 Å². The molecule has 0 saturated carbocycles. The number of anilines is 1. The van der Waals surface area contributed by atoms with Crippen LogP contribution in [0.2, 0.25) is 15.1 Å². The van der Waals surface area contributed by atoms with E-state index < -0.39 is 16.1 Å². The lowest BCUT2D eigenvalue weighted by molar-refractivity contribution is -0.140. The Kier molecular flexibility index (Phi) is 9.84. The van der Waals surface area contributed by atoms with Crippen LogP contribution in [0.4, 0.5) is 5.69 Å². The van der Waals surface area contributed by atoms with Crippen molar-refractivity contribution in [3.8, 4) is 0 Å². The Bertz CT molecular complexity index is 1110. The maximum absolute atomic E-state index is 13.1. The molecule has 0 aromatic heterocycles. The van der Waals surface area contributed by atoms with Gasteiger partial charge in [0.05, 0.1) is 17.0 Å². The van der Waals surface area contributed by atoms with Crippen molar-refractivity contribution in [3.05, 3.63) is 63.1 Å². The molecular weight excluding hydrogens is 509 g/mol. The molecule has 1 N–H and O–H groups in total. The van der Waals surface area contributed by atoms with Crippen molar-refractivity contribution in [1.29, 1.82) is 0 Å². The van der Waals surface area contributed by atoms with E-state index in [0.29, 0.717) is 10.0 Å². The van der Waals surface area contributed by atoms with Gasteiger partial charge in [0, 0.05) is 36.6 Å². The van der Waals surface area contributed by atoms with Crippen molar-refractivity contribution in [2.45, 2.75) is 32.4 Å². The Morgan fingerprint density at radius 3 is 2.33 bits per heavy atom. The lowest BCUT2D eigenvalue weighted by Gasteiger charge is -2.29. The van der Waals surface area contributed by atoms with Crippen molar-refractivity contribution in [2.75, 3.05) is 24.2 Å². The molecule has 0 aliphatic rings. The number of benzene rings is 2. The minimum atomic E-state index is -3.68. The topological polar surface area (TPSA) is 86.8 Å². The molecule has 0 aliphatic carbocycles. The predicted molar refractivity (Wildman–Crippen MR) is 133 cm³/mol. The molecule has 33 heavy (non-hydrogen) atoms. The number of nitrogens with zero attached hydrogens (tertiary/aromatic N) is 2. The Morgan fingerprint density at radius 2 is 1.73 bits per heavy atom.